The van der Waals surface area contributed by atoms with Crippen molar-refractivity contribution in [2.45, 2.75) is 13.0 Å². The number of carbonyl (C=O) groups excluding carboxylic acids is 1. The molecule has 0 saturated heterocycles. The molecule has 5 rings (SSSR count). The molecule has 3 heterocycles. The number of hydrogen-bond acceptors (Lipinski definition) is 7. The Hall–Kier alpha value is -4.66. The van der Waals surface area contributed by atoms with E-state index in [2.05, 4.69) is 15.6 Å². The Morgan fingerprint density at radius 3 is 2.56 bits per heavy atom. The van der Waals surface area contributed by atoms with E-state index in [1.54, 1.807) is 36.3 Å². The van der Waals surface area contributed by atoms with Gasteiger partial charge in [0.1, 0.15) is 11.8 Å². The Kier molecular flexibility index (Phi) is 6.12. The zero-order valence-corrected chi connectivity index (χ0v) is 20.6. The van der Waals surface area contributed by atoms with Gasteiger partial charge in [-0.1, -0.05) is 18.2 Å². The van der Waals surface area contributed by atoms with Gasteiger partial charge in [0.25, 0.3) is 5.91 Å². The van der Waals surface area contributed by atoms with Gasteiger partial charge in [-0.05, 0) is 49.4 Å². The van der Waals surface area contributed by atoms with Crippen LogP contribution in [0.3, 0.4) is 0 Å². The smallest absolute Gasteiger partial charge is 0.255 e. The third-order valence-electron chi connectivity index (χ3n) is 6.09. The van der Waals surface area contributed by atoms with Crippen molar-refractivity contribution in [3.8, 4) is 17.1 Å². The standard InChI is InChI=1S/C27H27N7O2/c1-17-23(26(35)30-19-8-7-15-28-16-19)24(21-9-5-6-10-22(21)36-4)34-27(29-17)31-25(32-34)18-11-13-20(14-12-18)33(2)3/h5-16,24H,1-4H3,(H,30,35)(H,29,31,32). The fourth-order valence-electron chi connectivity index (χ4n) is 4.29. The van der Waals surface area contributed by atoms with Gasteiger partial charge >= 0.3 is 0 Å². The second-order valence-corrected chi connectivity index (χ2v) is 8.65. The van der Waals surface area contributed by atoms with Gasteiger partial charge < -0.3 is 20.3 Å². The molecule has 9 heteroatoms. The molecule has 0 bridgehead atoms. The highest BCUT2D eigenvalue weighted by molar-refractivity contribution is 6.06. The maximum absolute atomic E-state index is 13.6. The number of fused-ring (bicyclic) bond motifs is 1. The van der Waals surface area contributed by atoms with E-state index in [9.17, 15) is 4.79 Å². The molecule has 4 aromatic rings. The van der Waals surface area contributed by atoms with E-state index in [0.717, 1.165) is 16.8 Å². The Balaban J connectivity index is 1.60. The Morgan fingerprint density at radius 2 is 1.86 bits per heavy atom. The van der Waals surface area contributed by atoms with Crippen LogP contribution in [0.1, 0.15) is 18.5 Å². The lowest BCUT2D eigenvalue weighted by Gasteiger charge is -2.29. The molecule has 0 aliphatic carbocycles. The van der Waals surface area contributed by atoms with E-state index >= 15 is 0 Å². The first kappa shape index (κ1) is 23.1. The zero-order chi connectivity index (χ0) is 25.2. The minimum absolute atomic E-state index is 0.262. The van der Waals surface area contributed by atoms with Crippen LogP contribution in [0.25, 0.3) is 11.4 Å². The highest BCUT2D eigenvalue weighted by Gasteiger charge is 2.36. The van der Waals surface area contributed by atoms with Gasteiger partial charge in [-0.3, -0.25) is 9.78 Å². The van der Waals surface area contributed by atoms with Crippen molar-refractivity contribution in [2.75, 3.05) is 36.7 Å². The van der Waals surface area contributed by atoms with Crippen LogP contribution in [0, 0.1) is 0 Å². The molecule has 182 valence electrons. The average Bonchev–Trinajstić information content (AvgIpc) is 3.32. The number of amides is 1. The Morgan fingerprint density at radius 1 is 1.08 bits per heavy atom. The summed E-state index contributed by atoms with van der Waals surface area (Å²) in [6.45, 7) is 1.87. The number of aromatic nitrogens is 4. The molecular formula is C27H27N7O2. The number of para-hydroxylation sites is 1. The monoisotopic (exact) mass is 481 g/mol. The lowest BCUT2D eigenvalue weighted by atomic mass is 9.94. The Bertz CT molecular complexity index is 1430. The average molecular weight is 482 g/mol. The highest BCUT2D eigenvalue weighted by Crippen LogP contribution is 2.40. The number of ether oxygens (including phenoxy) is 1. The first-order valence-electron chi connectivity index (χ1n) is 11.5. The molecule has 1 amide bonds. The van der Waals surface area contributed by atoms with Crippen LogP contribution in [0.4, 0.5) is 17.3 Å². The predicted molar refractivity (Wildman–Crippen MR) is 140 cm³/mol. The largest absolute Gasteiger partial charge is 0.496 e. The van der Waals surface area contributed by atoms with Crippen LogP contribution < -0.4 is 20.3 Å². The van der Waals surface area contributed by atoms with E-state index in [-0.39, 0.29) is 5.91 Å². The number of pyridine rings is 1. The van der Waals surface area contributed by atoms with Crippen LogP contribution in [0.5, 0.6) is 5.75 Å². The highest BCUT2D eigenvalue weighted by atomic mass is 16.5. The van der Waals surface area contributed by atoms with Crippen molar-refractivity contribution < 1.29 is 9.53 Å². The number of methoxy groups -OCH3 is 1. The molecule has 0 radical (unpaired) electrons. The number of allylic oxidation sites excluding steroid dienone is 1. The van der Waals surface area contributed by atoms with Crippen molar-refractivity contribution in [1.82, 2.24) is 19.7 Å². The first-order chi connectivity index (χ1) is 17.5. The predicted octanol–water partition coefficient (Wildman–Crippen LogP) is 4.34. The number of anilines is 3. The number of hydrogen-bond donors (Lipinski definition) is 2. The molecule has 1 unspecified atom stereocenters. The summed E-state index contributed by atoms with van der Waals surface area (Å²) < 4.78 is 7.42. The molecule has 36 heavy (non-hydrogen) atoms. The summed E-state index contributed by atoms with van der Waals surface area (Å²) in [5, 5.41) is 11.1. The quantitative estimate of drug-likeness (QED) is 0.423. The number of nitrogens with zero attached hydrogens (tertiary/aromatic N) is 5. The van der Waals surface area contributed by atoms with Gasteiger partial charge in [-0.15, -0.1) is 5.10 Å². The molecule has 0 saturated carbocycles. The third kappa shape index (κ3) is 4.26. The molecule has 2 N–H and O–H groups in total. The van der Waals surface area contributed by atoms with Crippen LogP contribution >= 0.6 is 0 Å². The summed E-state index contributed by atoms with van der Waals surface area (Å²) in [5.41, 5.74) is 4.56. The third-order valence-corrected chi connectivity index (χ3v) is 6.09. The van der Waals surface area contributed by atoms with E-state index < -0.39 is 6.04 Å². The molecule has 2 aromatic heterocycles. The van der Waals surface area contributed by atoms with Crippen LogP contribution in [0.15, 0.2) is 84.3 Å². The maximum Gasteiger partial charge on any atom is 0.255 e. The molecule has 0 spiro atoms. The minimum Gasteiger partial charge on any atom is -0.496 e. The summed E-state index contributed by atoms with van der Waals surface area (Å²) in [6, 6.07) is 18.7. The second kappa shape index (κ2) is 9.53. The zero-order valence-electron chi connectivity index (χ0n) is 20.6. The Labute approximate surface area is 209 Å². The summed E-state index contributed by atoms with van der Waals surface area (Å²) in [5.74, 6) is 1.50. The summed E-state index contributed by atoms with van der Waals surface area (Å²) >= 11 is 0. The number of benzene rings is 2. The topological polar surface area (TPSA) is 97.2 Å². The minimum atomic E-state index is -0.559. The van der Waals surface area contributed by atoms with Crippen LogP contribution in [-0.2, 0) is 4.79 Å². The van der Waals surface area contributed by atoms with E-state index in [1.165, 1.54) is 0 Å². The SMILES string of the molecule is COc1ccccc1C1C(C(=O)Nc2cccnc2)=C(C)Nc2nc(-c3ccc(N(C)C)cc3)nn21. The van der Waals surface area contributed by atoms with Crippen molar-refractivity contribution in [3.05, 3.63) is 89.9 Å². The molecule has 1 aliphatic rings. The maximum atomic E-state index is 13.6. The number of nitrogens with one attached hydrogen (secondary N) is 2. The first-order valence-corrected chi connectivity index (χ1v) is 11.5. The molecule has 0 fully saturated rings. The second-order valence-electron chi connectivity index (χ2n) is 8.65. The van der Waals surface area contributed by atoms with Crippen molar-refractivity contribution in [3.63, 3.8) is 0 Å². The molecular weight excluding hydrogens is 454 g/mol. The number of rotatable bonds is 6. The van der Waals surface area contributed by atoms with Gasteiger partial charge in [0, 0.05) is 42.8 Å². The normalized spacial score (nSPS) is 14.6. The van der Waals surface area contributed by atoms with Gasteiger partial charge in [-0.25, -0.2) is 4.68 Å². The van der Waals surface area contributed by atoms with Crippen molar-refractivity contribution in [1.29, 1.82) is 0 Å². The van der Waals surface area contributed by atoms with Gasteiger partial charge in [0.2, 0.25) is 5.95 Å². The van der Waals surface area contributed by atoms with E-state index in [4.69, 9.17) is 14.8 Å². The van der Waals surface area contributed by atoms with Crippen molar-refractivity contribution in [2.24, 2.45) is 0 Å². The van der Waals surface area contributed by atoms with E-state index in [1.807, 2.05) is 74.4 Å². The van der Waals surface area contributed by atoms with Gasteiger partial charge in [0.15, 0.2) is 5.82 Å². The fourth-order valence-corrected chi connectivity index (χ4v) is 4.29. The summed E-state index contributed by atoms with van der Waals surface area (Å²) in [7, 11) is 5.61. The fraction of sp³-hybridized carbons (Fsp3) is 0.185. The summed E-state index contributed by atoms with van der Waals surface area (Å²) in [4.78, 5) is 24.5. The van der Waals surface area contributed by atoms with Crippen LogP contribution in [-0.4, -0.2) is 46.9 Å². The molecule has 9 nitrogen and oxygen atoms in total. The molecule has 1 atom stereocenters. The van der Waals surface area contributed by atoms with E-state index in [0.29, 0.717) is 34.5 Å². The van der Waals surface area contributed by atoms with Gasteiger partial charge in [-0.2, -0.15) is 4.98 Å². The van der Waals surface area contributed by atoms with Crippen molar-refractivity contribution >= 4 is 23.2 Å². The molecule has 1 aliphatic heterocycles. The van der Waals surface area contributed by atoms with Gasteiger partial charge in [0.05, 0.1) is 24.6 Å². The lowest BCUT2D eigenvalue weighted by Crippen LogP contribution is -2.31. The number of carbonyl (C=O) groups is 1. The lowest BCUT2D eigenvalue weighted by molar-refractivity contribution is -0.113. The summed E-state index contributed by atoms with van der Waals surface area (Å²) in [6.07, 6.45) is 3.27. The molecule has 2 aromatic carbocycles. The van der Waals surface area contributed by atoms with Crippen LogP contribution in [0.2, 0.25) is 0 Å².